The van der Waals surface area contributed by atoms with Crippen molar-refractivity contribution in [3.8, 4) is 0 Å². The summed E-state index contributed by atoms with van der Waals surface area (Å²) >= 11 is 0. The summed E-state index contributed by atoms with van der Waals surface area (Å²) in [4.78, 5) is 18.0. The van der Waals surface area contributed by atoms with Crippen LogP contribution in [0.4, 0.5) is 0 Å². The van der Waals surface area contributed by atoms with Crippen molar-refractivity contribution in [3.63, 3.8) is 0 Å². The Morgan fingerprint density at radius 2 is 2.35 bits per heavy atom. The minimum Gasteiger partial charge on any atom is -0.370 e. The highest BCUT2D eigenvalue weighted by Gasteiger charge is 2.38. The molecule has 5 heteroatoms. The normalized spacial score (nSPS) is 25.5. The van der Waals surface area contributed by atoms with Crippen LogP contribution in [0.3, 0.4) is 0 Å². The predicted octanol–water partition coefficient (Wildman–Crippen LogP) is 0.312. The van der Waals surface area contributed by atoms with E-state index in [1.807, 2.05) is 4.90 Å². The maximum absolute atomic E-state index is 11.7. The van der Waals surface area contributed by atoms with Crippen molar-refractivity contribution >= 4 is 11.9 Å². The van der Waals surface area contributed by atoms with Gasteiger partial charge in [0.1, 0.15) is 0 Å². The third-order valence-electron chi connectivity index (χ3n) is 3.30. The highest BCUT2D eigenvalue weighted by Crippen LogP contribution is 2.32. The van der Waals surface area contributed by atoms with E-state index >= 15 is 0 Å². The number of hydrogen-bond donors (Lipinski definition) is 2. The van der Waals surface area contributed by atoms with Crippen molar-refractivity contribution in [2.45, 2.75) is 38.6 Å². The zero-order chi connectivity index (χ0) is 12.3. The number of carbonyl (C=O) groups excluding carboxylic acids is 1. The number of hydrogen-bond acceptors (Lipinski definition) is 2. The summed E-state index contributed by atoms with van der Waals surface area (Å²) in [5.41, 5.74) is 5.72. The average molecular weight is 238 g/mol. The molecule has 1 aliphatic heterocycles. The van der Waals surface area contributed by atoms with Crippen molar-refractivity contribution in [2.24, 2.45) is 16.6 Å². The SMILES string of the molecule is CCCNC(N)=NCC1CC(=O)N(C2CC2)C1. The van der Waals surface area contributed by atoms with Crippen molar-refractivity contribution in [1.29, 1.82) is 0 Å². The molecule has 1 saturated heterocycles. The Morgan fingerprint density at radius 3 is 3.00 bits per heavy atom. The van der Waals surface area contributed by atoms with Crippen LogP contribution in [0, 0.1) is 5.92 Å². The average Bonchev–Trinajstić information content (AvgIpc) is 3.08. The number of rotatable bonds is 5. The van der Waals surface area contributed by atoms with Gasteiger partial charge in [0.25, 0.3) is 0 Å². The van der Waals surface area contributed by atoms with E-state index in [2.05, 4.69) is 17.2 Å². The summed E-state index contributed by atoms with van der Waals surface area (Å²) < 4.78 is 0. The molecule has 0 spiro atoms. The van der Waals surface area contributed by atoms with E-state index < -0.39 is 0 Å². The van der Waals surface area contributed by atoms with Crippen LogP contribution in [-0.4, -0.2) is 42.4 Å². The lowest BCUT2D eigenvalue weighted by atomic mass is 10.1. The minimum absolute atomic E-state index is 0.299. The van der Waals surface area contributed by atoms with Gasteiger partial charge in [0, 0.05) is 38.0 Å². The molecule has 0 bridgehead atoms. The van der Waals surface area contributed by atoms with Gasteiger partial charge in [-0.1, -0.05) is 6.92 Å². The number of aliphatic imine (C=N–C) groups is 1. The van der Waals surface area contributed by atoms with Gasteiger partial charge in [-0.3, -0.25) is 9.79 Å². The Kier molecular flexibility index (Phi) is 3.86. The predicted molar refractivity (Wildman–Crippen MR) is 67.6 cm³/mol. The Labute approximate surface area is 102 Å². The molecule has 1 saturated carbocycles. The fourth-order valence-corrected chi connectivity index (χ4v) is 2.21. The van der Waals surface area contributed by atoms with Crippen molar-refractivity contribution in [3.05, 3.63) is 0 Å². The van der Waals surface area contributed by atoms with Gasteiger partial charge in [0.2, 0.25) is 5.91 Å². The van der Waals surface area contributed by atoms with Gasteiger partial charge >= 0.3 is 0 Å². The van der Waals surface area contributed by atoms with Gasteiger partial charge in [-0.05, 0) is 19.3 Å². The van der Waals surface area contributed by atoms with Crippen LogP contribution < -0.4 is 11.1 Å². The molecule has 2 aliphatic rings. The van der Waals surface area contributed by atoms with E-state index in [1.165, 1.54) is 12.8 Å². The third kappa shape index (κ3) is 3.35. The summed E-state index contributed by atoms with van der Waals surface area (Å²) in [6.45, 7) is 4.47. The zero-order valence-electron chi connectivity index (χ0n) is 10.5. The second-order valence-corrected chi connectivity index (χ2v) is 5.00. The molecule has 0 aromatic heterocycles. The lowest BCUT2D eigenvalue weighted by Crippen LogP contribution is -2.33. The van der Waals surface area contributed by atoms with Crippen molar-refractivity contribution in [2.75, 3.05) is 19.6 Å². The third-order valence-corrected chi connectivity index (χ3v) is 3.30. The highest BCUT2D eigenvalue weighted by atomic mass is 16.2. The molecule has 17 heavy (non-hydrogen) atoms. The van der Waals surface area contributed by atoms with Crippen molar-refractivity contribution in [1.82, 2.24) is 10.2 Å². The zero-order valence-corrected chi connectivity index (χ0v) is 10.5. The minimum atomic E-state index is 0.299. The lowest BCUT2D eigenvalue weighted by Gasteiger charge is -2.14. The number of nitrogens with zero attached hydrogens (tertiary/aromatic N) is 2. The second-order valence-electron chi connectivity index (χ2n) is 5.00. The molecule has 1 atom stereocenters. The summed E-state index contributed by atoms with van der Waals surface area (Å²) in [6, 6.07) is 0.534. The Hall–Kier alpha value is -1.26. The van der Waals surface area contributed by atoms with E-state index in [1.54, 1.807) is 0 Å². The molecule has 0 aromatic rings. The quantitative estimate of drug-likeness (QED) is 0.535. The van der Waals surface area contributed by atoms with Gasteiger partial charge in [-0.15, -0.1) is 0 Å². The standard InChI is InChI=1S/C12H22N4O/c1-2-5-14-12(13)15-7-9-6-11(17)16(8-9)10-3-4-10/h9-10H,2-8H2,1H3,(H3,13,14,15). The first kappa shape index (κ1) is 12.2. The van der Waals surface area contributed by atoms with Crippen LogP contribution in [-0.2, 0) is 4.79 Å². The molecule has 2 rings (SSSR count). The van der Waals surface area contributed by atoms with Crippen LogP contribution >= 0.6 is 0 Å². The molecule has 1 unspecified atom stereocenters. The number of carbonyl (C=O) groups is 1. The maximum atomic E-state index is 11.7. The molecule has 0 radical (unpaired) electrons. The fourth-order valence-electron chi connectivity index (χ4n) is 2.21. The molecular weight excluding hydrogens is 216 g/mol. The summed E-state index contributed by atoms with van der Waals surface area (Å²) in [5.74, 6) is 1.15. The summed E-state index contributed by atoms with van der Waals surface area (Å²) in [5, 5.41) is 3.04. The smallest absolute Gasteiger partial charge is 0.223 e. The van der Waals surface area contributed by atoms with Crippen LogP contribution in [0.5, 0.6) is 0 Å². The summed E-state index contributed by atoms with van der Waals surface area (Å²) in [6.07, 6.45) is 4.04. The van der Waals surface area contributed by atoms with Gasteiger partial charge < -0.3 is 16.0 Å². The van der Waals surface area contributed by atoms with E-state index in [0.29, 0.717) is 36.8 Å². The van der Waals surface area contributed by atoms with E-state index in [4.69, 9.17) is 5.73 Å². The largest absolute Gasteiger partial charge is 0.370 e. The number of likely N-dealkylation sites (tertiary alicyclic amines) is 1. The Bertz CT molecular complexity index is 312. The monoisotopic (exact) mass is 238 g/mol. The topological polar surface area (TPSA) is 70.7 Å². The fraction of sp³-hybridized carbons (Fsp3) is 0.833. The Morgan fingerprint density at radius 1 is 1.59 bits per heavy atom. The van der Waals surface area contributed by atoms with Crippen LogP contribution in [0.15, 0.2) is 4.99 Å². The summed E-state index contributed by atoms with van der Waals surface area (Å²) in [7, 11) is 0. The van der Waals surface area contributed by atoms with Gasteiger partial charge in [-0.25, -0.2) is 0 Å². The molecule has 2 fully saturated rings. The van der Waals surface area contributed by atoms with E-state index in [-0.39, 0.29) is 0 Å². The van der Waals surface area contributed by atoms with Gasteiger partial charge in [0.05, 0.1) is 0 Å². The van der Waals surface area contributed by atoms with Gasteiger partial charge in [0.15, 0.2) is 5.96 Å². The molecule has 0 aromatic carbocycles. The van der Waals surface area contributed by atoms with Crippen LogP contribution in [0.25, 0.3) is 0 Å². The van der Waals surface area contributed by atoms with E-state index in [0.717, 1.165) is 19.5 Å². The lowest BCUT2D eigenvalue weighted by molar-refractivity contribution is -0.128. The maximum Gasteiger partial charge on any atom is 0.223 e. The van der Waals surface area contributed by atoms with Crippen molar-refractivity contribution < 1.29 is 4.79 Å². The number of amides is 1. The first-order valence-corrected chi connectivity index (χ1v) is 6.54. The van der Waals surface area contributed by atoms with Crippen LogP contribution in [0.2, 0.25) is 0 Å². The first-order chi connectivity index (χ1) is 8.20. The van der Waals surface area contributed by atoms with Crippen LogP contribution in [0.1, 0.15) is 32.6 Å². The Balaban J connectivity index is 1.74. The first-order valence-electron chi connectivity index (χ1n) is 6.54. The van der Waals surface area contributed by atoms with E-state index in [9.17, 15) is 4.79 Å². The molecule has 1 heterocycles. The number of nitrogens with two attached hydrogens (primary N) is 1. The molecule has 5 nitrogen and oxygen atoms in total. The molecule has 1 aliphatic carbocycles. The number of guanidine groups is 1. The molecule has 96 valence electrons. The number of nitrogens with one attached hydrogen (secondary N) is 1. The molecular formula is C12H22N4O. The molecule has 1 amide bonds. The van der Waals surface area contributed by atoms with Gasteiger partial charge in [-0.2, -0.15) is 0 Å². The highest BCUT2D eigenvalue weighted by molar-refractivity contribution is 5.80. The second kappa shape index (κ2) is 5.38. The molecule has 3 N–H and O–H groups in total.